The summed E-state index contributed by atoms with van der Waals surface area (Å²) in [6.07, 6.45) is 0. The highest BCUT2D eigenvalue weighted by Crippen LogP contribution is 2.21. The monoisotopic (exact) mass is 361 g/mol. The second-order valence-corrected chi connectivity index (χ2v) is 5.95. The van der Waals surface area contributed by atoms with Crippen LogP contribution in [0.25, 0.3) is 0 Å². The Morgan fingerprint density at radius 2 is 1.92 bits per heavy atom. The average molecular weight is 362 g/mol. The topological polar surface area (TPSA) is 70.6 Å². The fourth-order valence-corrected chi connectivity index (χ4v) is 2.78. The van der Waals surface area contributed by atoms with Gasteiger partial charge in [0.25, 0.3) is 0 Å². The summed E-state index contributed by atoms with van der Waals surface area (Å²) in [5, 5.41) is 11.6. The van der Waals surface area contributed by atoms with Gasteiger partial charge in [-0.3, -0.25) is 0 Å². The summed E-state index contributed by atoms with van der Waals surface area (Å²) in [6, 6.07) is 10.7. The Balaban J connectivity index is 1.54. The molecule has 1 aromatic carbocycles. The normalized spacial score (nSPS) is 14.3. The van der Waals surface area contributed by atoms with Crippen LogP contribution >= 0.6 is 11.6 Å². The number of anilines is 2. The van der Waals surface area contributed by atoms with Crippen LogP contribution in [0.4, 0.5) is 16.3 Å². The van der Waals surface area contributed by atoms with E-state index < -0.39 is 0 Å². The molecule has 2 amide bonds. The molecule has 0 unspecified atom stereocenters. The molecule has 0 saturated carbocycles. The average Bonchev–Trinajstić information content (AvgIpc) is 2.65. The van der Waals surface area contributed by atoms with Crippen LogP contribution in [0.1, 0.15) is 6.92 Å². The number of para-hydroxylation sites is 1. The lowest BCUT2D eigenvalue weighted by Gasteiger charge is -2.35. The third kappa shape index (κ3) is 4.30. The summed E-state index contributed by atoms with van der Waals surface area (Å²) in [5.74, 6) is 1.30. The molecule has 0 aliphatic carbocycles. The molecule has 7 nitrogen and oxygen atoms in total. The summed E-state index contributed by atoms with van der Waals surface area (Å²) in [7, 11) is 0. The predicted octanol–water partition coefficient (Wildman–Crippen LogP) is 2.88. The van der Waals surface area contributed by atoms with Gasteiger partial charge < -0.3 is 19.9 Å². The fourth-order valence-electron chi connectivity index (χ4n) is 2.60. The van der Waals surface area contributed by atoms with Crippen LogP contribution in [0.2, 0.25) is 5.02 Å². The molecule has 3 rings (SSSR count). The highest BCUT2D eigenvalue weighted by molar-refractivity contribution is 6.33. The highest BCUT2D eigenvalue weighted by Gasteiger charge is 2.22. The van der Waals surface area contributed by atoms with Gasteiger partial charge in [0.15, 0.2) is 5.82 Å². The number of piperazine rings is 1. The zero-order valence-corrected chi connectivity index (χ0v) is 14.7. The van der Waals surface area contributed by atoms with E-state index in [1.54, 1.807) is 17.0 Å². The molecule has 132 valence electrons. The zero-order valence-electron chi connectivity index (χ0n) is 14.0. The van der Waals surface area contributed by atoms with E-state index in [0.29, 0.717) is 49.4 Å². The van der Waals surface area contributed by atoms with Gasteiger partial charge in [-0.1, -0.05) is 23.7 Å². The lowest BCUT2D eigenvalue weighted by Crippen LogP contribution is -2.50. The number of aromatic nitrogens is 2. The van der Waals surface area contributed by atoms with Crippen molar-refractivity contribution in [3.8, 4) is 5.88 Å². The SMILES string of the molecule is CCOc1ccc(N2CCN(C(=O)Nc3ccccc3Cl)CC2)nn1. The number of nitrogens with one attached hydrogen (secondary N) is 1. The first-order valence-electron chi connectivity index (χ1n) is 8.19. The maximum atomic E-state index is 12.4. The summed E-state index contributed by atoms with van der Waals surface area (Å²) in [6.45, 7) is 5.06. The third-order valence-electron chi connectivity index (χ3n) is 3.92. The van der Waals surface area contributed by atoms with Gasteiger partial charge in [-0.15, -0.1) is 10.2 Å². The second kappa shape index (κ2) is 8.02. The maximum Gasteiger partial charge on any atom is 0.322 e. The van der Waals surface area contributed by atoms with E-state index in [2.05, 4.69) is 20.4 Å². The standard InChI is InChI=1S/C17H20ClN5O2/c1-2-25-16-8-7-15(20-21-16)22-9-11-23(12-10-22)17(24)19-14-6-4-3-5-13(14)18/h3-8H,2,9-12H2,1H3,(H,19,24). The van der Waals surface area contributed by atoms with E-state index in [4.69, 9.17) is 16.3 Å². The Morgan fingerprint density at radius 3 is 2.56 bits per heavy atom. The molecule has 0 spiro atoms. The fraction of sp³-hybridized carbons (Fsp3) is 0.353. The van der Waals surface area contributed by atoms with Gasteiger partial charge in [-0.2, -0.15) is 0 Å². The van der Waals surface area contributed by atoms with E-state index in [0.717, 1.165) is 5.82 Å². The molecule has 1 fully saturated rings. The number of carbonyl (C=O) groups excluding carboxylic acids is 1. The minimum absolute atomic E-state index is 0.148. The van der Waals surface area contributed by atoms with Crippen LogP contribution in [0.3, 0.4) is 0 Å². The summed E-state index contributed by atoms with van der Waals surface area (Å²) in [5.41, 5.74) is 0.619. The van der Waals surface area contributed by atoms with Crippen LogP contribution < -0.4 is 15.0 Å². The lowest BCUT2D eigenvalue weighted by molar-refractivity contribution is 0.208. The van der Waals surface area contributed by atoms with Crippen molar-refractivity contribution >= 4 is 29.1 Å². The quantitative estimate of drug-likeness (QED) is 0.906. The van der Waals surface area contributed by atoms with Crippen LogP contribution in [0.15, 0.2) is 36.4 Å². The van der Waals surface area contributed by atoms with Crippen molar-refractivity contribution in [2.75, 3.05) is 43.0 Å². The molecule has 0 bridgehead atoms. The largest absolute Gasteiger partial charge is 0.477 e. The number of benzene rings is 1. The smallest absolute Gasteiger partial charge is 0.322 e. The minimum Gasteiger partial charge on any atom is -0.477 e. The summed E-state index contributed by atoms with van der Waals surface area (Å²) in [4.78, 5) is 16.2. The molecule has 1 aliphatic heterocycles. The first-order valence-corrected chi connectivity index (χ1v) is 8.57. The van der Waals surface area contributed by atoms with Crippen molar-refractivity contribution in [1.82, 2.24) is 15.1 Å². The molecule has 1 saturated heterocycles. The molecule has 1 aliphatic rings. The van der Waals surface area contributed by atoms with Crippen molar-refractivity contribution in [1.29, 1.82) is 0 Å². The molecule has 25 heavy (non-hydrogen) atoms. The number of carbonyl (C=O) groups is 1. The number of halogens is 1. The molecule has 0 atom stereocenters. The van der Waals surface area contributed by atoms with E-state index >= 15 is 0 Å². The van der Waals surface area contributed by atoms with Crippen molar-refractivity contribution in [3.63, 3.8) is 0 Å². The number of urea groups is 1. The van der Waals surface area contributed by atoms with E-state index in [9.17, 15) is 4.79 Å². The van der Waals surface area contributed by atoms with Crippen LogP contribution in [-0.2, 0) is 0 Å². The Labute approximate surface area is 151 Å². The van der Waals surface area contributed by atoms with Crippen molar-refractivity contribution < 1.29 is 9.53 Å². The number of nitrogens with zero attached hydrogens (tertiary/aromatic N) is 4. The molecular formula is C17H20ClN5O2. The number of amides is 2. The van der Waals surface area contributed by atoms with Crippen LogP contribution in [-0.4, -0.2) is 53.9 Å². The van der Waals surface area contributed by atoms with Gasteiger partial charge in [0.05, 0.1) is 17.3 Å². The Hall–Kier alpha value is -2.54. The van der Waals surface area contributed by atoms with Crippen molar-refractivity contribution in [2.45, 2.75) is 6.92 Å². The van der Waals surface area contributed by atoms with E-state index in [1.165, 1.54) is 0 Å². The first kappa shape index (κ1) is 17.3. The first-order chi connectivity index (χ1) is 12.2. The minimum atomic E-state index is -0.148. The van der Waals surface area contributed by atoms with Crippen LogP contribution in [0, 0.1) is 0 Å². The van der Waals surface area contributed by atoms with Gasteiger partial charge in [-0.05, 0) is 25.1 Å². The van der Waals surface area contributed by atoms with Gasteiger partial charge in [0, 0.05) is 32.2 Å². The van der Waals surface area contributed by atoms with Gasteiger partial charge in [0.2, 0.25) is 5.88 Å². The molecule has 1 N–H and O–H groups in total. The molecule has 1 aromatic heterocycles. The van der Waals surface area contributed by atoms with Crippen LogP contribution in [0.5, 0.6) is 5.88 Å². The summed E-state index contributed by atoms with van der Waals surface area (Å²) < 4.78 is 5.30. The zero-order chi connectivity index (χ0) is 17.6. The Bertz CT molecular complexity index is 717. The van der Waals surface area contributed by atoms with Gasteiger partial charge in [-0.25, -0.2) is 4.79 Å². The molecule has 2 heterocycles. The van der Waals surface area contributed by atoms with Gasteiger partial charge in [0.1, 0.15) is 0 Å². The highest BCUT2D eigenvalue weighted by atomic mass is 35.5. The number of ether oxygens (including phenoxy) is 1. The van der Waals surface area contributed by atoms with Crippen molar-refractivity contribution in [2.24, 2.45) is 0 Å². The molecule has 8 heteroatoms. The van der Waals surface area contributed by atoms with Gasteiger partial charge >= 0.3 is 6.03 Å². The molecule has 2 aromatic rings. The summed E-state index contributed by atoms with van der Waals surface area (Å²) >= 11 is 6.08. The maximum absolute atomic E-state index is 12.4. The van der Waals surface area contributed by atoms with E-state index in [-0.39, 0.29) is 6.03 Å². The number of hydrogen-bond acceptors (Lipinski definition) is 5. The number of rotatable bonds is 4. The lowest BCUT2D eigenvalue weighted by atomic mass is 10.3. The molecule has 0 radical (unpaired) electrons. The number of hydrogen-bond donors (Lipinski definition) is 1. The van der Waals surface area contributed by atoms with E-state index in [1.807, 2.05) is 31.2 Å². The van der Waals surface area contributed by atoms with Crippen molar-refractivity contribution in [3.05, 3.63) is 41.4 Å². The molecular weight excluding hydrogens is 342 g/mol. The second-order valence-electron chi connectivity index (χ2n) is 5.55. The Morgan fingerprint density at radius 1 is 1.16 bits per heavy atom. The third-order valence-corrected chi connectivity index (χ3v) is 4.25. The predicted molar refractivity (Wildman–Crippen MR) is 97.5 cm³/mol. The Kier molecular flexibility index (Phi) is 5.55.